The molecule has 2 aromatic heterocycles. The van der Waals surface area contributed by atoms with Crippen LogP contribution in [0.1, 0.15) is 77.7 Å². The Morgan fingerprint density at radius 3 is 2.89 bits per heavy atom. The Morgan fingerprint density at radius 2 is 2.14 bits per heavy atom. The molecular weight excluding hydrogens is 473 g/mol. The second kappa shape index (κ2) is 8.82. The van der Waals surface area contributed by atoms with E-state index in [0.717, 1.165) is 47.7 Å². The molecule has 2 aromatic rings. The van der Waals surface area contributed by atoms with E-state index in [0.29, 0.717) is 30.8 Å². The van der Waals surface area contributed by atoms with Gasteiger partial charge in [-0.25, -0.2) is 17.7 Å². The number of nitrogens with zero attached hydrogens (tertiary/aromatic N) is 2. The van der Waals surface area contributed by atoms with Crippen LogP contribution in [-0.4, -0.2) is 53.7 Å². The van der Waals surface area contributed by atoms with Gasteiger partial charge in [-0.15, -0.1) is 0 Å². The third-order valence-electron chi connectivity index (χ3n) is 10.6. The number of H-pyrrole nitrogens is 1. The summed E-state index contributed by atoms with van der Waals surface area (Å²) in [5.41, 5.74) is 1.90. The number of nitrogens with one attached hydrogen (secondary N) is 1. The molecule has 0 amide bonds. The van der Waals surface area contributed by atoms with Gasteiger partial charge in [0.1, 0.15) is 5.65 Å². The Bertz CT molecular complexity index is 1250. The van der Waals surface area contributed by atoms with Gasteiger partial charge in [-0.1, -0.05) is 46.5 Å². The molecule has 0 aromatic carbocycles. The zero-order valence-electron chi connectivity index (χ0n) is 21.9. The minimum absolute atomic E-state index is 0.105. The lowest BCUT2D eigenvalue weighted by Gasteiger charge is -2.59. The van der Waals surface area contributed by atoms with E-state index >= 15 is 0 Å². The number of hydrogen-bond acceptors (Lipinski definition) is 5. The summed E-state index contributed by atoms with van der Waals surface area (Å²) in [5.74, 6) is 2.37. The summed E-state index contributed by atoms with van der Waals surface area (Å²) >= 11 is 0. The van der Waals surface area contributed by atoms with Gasteiger partial charge < -0.3 is 14.7 Å². The predicted molar refractivity (Wildman–Crippen MR) is 142 cm³/mol. The van der Waals surface area contributed by atoms with E-state index < -0.39 is 22.7 Å². The quantitative estimate of drug-likeness (QED) is 0.524. The molecule has 6 atom stereocenters. The number of sulfonamides is 1. The van der Waals surface area contributed by atoms with E-state index in [9.17, 15) is 13.4 Å². The minimum Gasteiger partial charge on any atom is -0.423 e. The summed E-state index contributed by atoms with van der Waals surface area (Å²) < 4.78 is 35.0. The minimum atomic E-state index is -3.28. The van der Waals surface area contributed by atoms with Crippen LogP contribution in [0.5, 0.6) is 0 Å². The highest BCUT2D eigenvalue weighted by Crippen LogP contribution is 2.66. The van der Waals surface area contributed by atoms with E-state index in [-0.39, 0.29) is 17.1 Å². The molecule has 2 aliphatic heterocycles. The Hall–Kier alpha value is -1.42. The molecule has 3 fully saturated rings. The van der Waals surface area contributed by atoms with Crippen LogP contribution in [0.4, 0.5) is 0 Å². The number of hydrogen-bond donors (Lipinski definition) is 2. The van der Waals surface area contributed by atoms with E-state index in [1.54, 1.807) is 10.5 Å². The fourth-order valence-corrected chi connectivity index (χ4v) is 9.97. The summed E-state index contributed by atoms with van der Waals surface area (Å²) in [7, 11) is -4.27. The maximum Gasteiger partial charge on any atom is 0.493 e. The van der Waals surface area contributed by atoms with Crippen LogP contribution in [0.15, 0.2) is 18.5 Å². The van der Waals surface area contributed by atoms with Gasteiger partial charge in [0.2, 0.25) is 10.0 Å². The van der Waals surface area contributed by atoms with Crippen LogP contribution in [0.25, 0.3) is 11.0 Å². The maximum atomic E-state index is 13.5. The molecule has 0 bridgehead atoms. The van der Waals surface area contributed by atoms with Crippen molar-refractivity contribution in [1.29, 1.82) is 0 Å². The summed E-state index contributed by atoms with van der Waals surface area (Å²) in [6, 6.07) is 2.01. The highest BCUT2D eigenvalue weighted by molar-refractivity contribution is 7.89. The molecule has 6 unspecified atom stereocenters. The second-order valence-electron chi connectivity index (χ2n) is 12.1. The number of pyridine rings is 1. The number of rotatable bonds is 8. The van der Waals surface area contributed by atoms with E-state index in [1.165, 1.54) is 25.7 Å². The van der Waals surface area contributed by atoms with Gasteiger partial charge in [0.25, 0.3) is 0 Å². The number of aromatic amines is 1. The molecule has 1 saturated heterocycles. The van der Waals surface area contributed by atoms with E-state index in [4.69, 9.17) is 4.65 Å². The molecule has 2 N–H and O–H groups in total. The van der Waals surface area contributed by atoms with Crippen molar-refractivity contribution in [2.45, 2.75) is 77.7 Å². The zero-order chi connectivity index (χ0) is 25.3. The van der Waals surface area contributed by atoms with Crippen molar-refractivity contribution >= 4 is 33.6 Å². The topological polar surface area (TPSA) is 95.5 Å². The lowest BCUT2D eigenvalue weighted by molar-refractivity contribution is -0.170. The summed E-state index contributed by atoms with van der Waals surface area (Å²) in [6.07, 6.45) is 12.1. The maximum absolute atomic E-state index is 13.5. The van der Waals surface area contributed by atoms with Crippen LogP contribution < -0.4 is 5.46 Å². The number of unbranched alkanes of at least 4 members (excludes halogenated alkanes) is 1. The first kappa shape index (κ1) is 24.9. The average molecular weight is 514 g/mol. The fourth-order valence-electron chi connectivity index (χ4n) is 8.32. The lowest BCUT2D eigenvalue weighted by atomic mass is 9.49. The molecule has 4 aliphatic rings. The van der Waals surface area contributed by atoms with Crippen molar-refractivity contribution in [1.82, 2.24) is 14.3 Å². The third kappa shape index (κ3) is 3.56. The lowest BCUT2D eigenvalue weighted by Crippen LogP contribution is -2.60. The van der Waals surface area contributed by atoms with Gasteiger partial charge in [0, 0.05) is 36.3 Å². The highest BCUT2D eigenvalue weighted by atomic mass is 32.2. The van der Waals surface area contributed by atoms with Crippen LogP contribution in [0.2, 0.25) is 0 Å². The van der Waals surface area contributed by atoms with E-state index in [2.05, 4.69) is 30.7 Å². The smallest absolute Gasteiger partial charge is 0.423 e. The van der Waals surface area contributed by atoms with Crippen LogP contribution >= 0.6 is 0 Å². The fraction of sp³-hybridized carbons (Fsp3) is 0.741. The number of fused-ring (bicyclic) bond motifs is 4. The van der Waals surface area contributed by atoms with Gasteiger partial charge in [-0.05, 0) is 66.4 Å². The SMILES string of the molecule is CCCCC1CC(CC)C1CCS(=O)(=O)N1CCC2(C1)CC1(OB(O)c3cnc4[nH]ccc4c31)C2C. The predicted octanol–water partition coefficient (Wildman–Crippen LogP) is 3.78. The molecular formula is C27H40BN3O4S. The molecule has 196 valence electrons. The van der Waals surface area contributed by atoms with Crippen molar-refractivity contribution in [3.8, 4) is 0 Å². The molecule has 7 nitrogen and oxygen atoms in total. The second-order valence-corrected chi connectivity index (χ2v) is 14.2. The van der Waals surface area contributed by atoms with Crippen LogP contribution in [0.3, 0.4) is 0 Å². The van der Waals surface area contributed by atoms with Crippen LogP contribution in [-0.2, 0) is 20.3 Å². The Kier molecular flexibility index (Phi) is 6.10. The summed E-state index contributed by atoms with van der Waals surface area (Å²) in [5, 5.41) is 11.7. The Labute approximate surface area is 215 Å². The molecule has 2 spiro atoms. The van der Waals surface area contributed by atoms with E-state index in [1.807, 2.05) is 12.3 Å². The molecule has 36 heavy (non-hydrogen) atoms. The largest absolute Gasteiger partial charge is 0.493 e. The van der Waals surface area contributed by atoms with Gasteiger partial charge >= 0.3 is 7.12 Å². The van der Waals surface area contributed by atoms with Crippen LogP contribution in [0, 0.1) is 29.1 Å². The molecule has 9 heteroatoms. The standard InChI is InChI=1S/C27H40BN3O4S/c1-4-6-7-20-14-19(5-2)21(20)9-13-36(33,34)31-12-10-26(17-31)16-27(18(26)3)24-22-8-11-29-25(22)30-15-23(24)28(32)35-27/h8,11,15,18-21,32H,4-7,9-10,12-14,16-17H2,1-3H3,(H,29,30). The molecule has 0 radical (unpaired) electrons. The Balaban J connectivity index is 1.15. The molecule has 6 rings (SSSR count). The summed E-state index contributed by atoms with van der Waals surface area (Å²) in [4.78, 5) is 7.61. The van der Waals surface area contributed by atoms with Crippen molar-refractivity contribution in [3.63, 3.8) is 0 Å². The monoisotopic (exact) mass is 513 g/mol. The first-order valence-electron chi connectivity index (χ1n) is 14.0. The van der Waals surface area contributed by atoms with Crippen molar-refractivity contribution < 1.29 is 18.1 Å². The normalized spacial score (nSPS) is 36.1. The van der Waals surface area contributed by atoms with Gasteiger partial charge in [-0.3, -0.25) is 0 Å². The third-order valence-corrected chi connectivity index (χ3v) is 12.4. The molecule has 2 aliphatic carbocycles. The summed E-state index contributed by atoms with van der Waals surface area (Å²) in [6.45, 7) is 7.82. The van der Waals surface area contributed by atoms with Crippen molar-refractivity contribution in [3.05, 3.63) is 24.0 Å². The Morgan fingerprint density at radius 1 is 1.31 bits per heavy atom. The zero-order valence-corrected chi connectivity index (χ0v) is 22.7. The first-order valence-corrected chi connectivity index (χ1v) is 15.7. The highest BCUT2D eigenvalue weighted by Gasteiger charge is 2.69. The van der Waals surface area contributed by atoms with Gasteiger partial charge in [-0.2, -0.15) is 0 Å². The molecule has 2 saturated carbocycles. The first-order chi connectivity index (χ1) is 17.2. The average Bonchev–Trinajstić information content (AvgIpc) is 3.57. The van der Waals surface area contributed by atoms with Crippen molar-refractivity contribution in [2.75, 3.05) is 18.8 Å². The number of aromatic nitrogens is 2. The van der Waals surface area contributed by atoms with Gasteiger partial charge in [0.15, 0.2) is 0 Å². The van der Waals surface area contributed by atoms with Crippen molar-refractivity contribution in [2.24, 2.45) is 29.1 Å². The van der Waals surface area contributed by atoms with Gasteiger partial charge in [0.05, 0.1) is 11.4 Å². The molecule has 4 heterocycles.